The first-order chi connectivity index (χ1) is 27.6. The zero-order valence-corrected chi connectivity index (χ0v) is 30.0. The Kier molecular flexibility index (Phi) is 6.20. The molecule has 4 heteroatoms. The van der Waals surface area contributed by atoms with Crippen LogP contribution in [-0.2, 0) is 0 Å². The van der Waals surface area contributed by atoms with Gasteiger partial charge in [-0.1, -0.05) is 96.8 Å². The number of fused-ring (bicyclic) bond motifs is 10. The summed E-state index contributed by atoms with van der Waals surface area (Å²) in [4.78, 5) is 0. The Hall–Kier alpha value is -7.53. The quantitative estimate of drug-likeness (QED) is 0.128. The highest BCUT2D eigenvalue weighted by atomic mass is 19.1. The molecule has 10 aromatic rings. The molecule has 56 heavy (non-hydrogen) atoms. The highest BCUT2D eigenvalue weighted by molar-refractivity contribution is 7.00. The third-order valence-electron chi connectivity index (χ3n) is 12.1. The molecule has 0 bridgehead atoms. The Morgan fingerprint density at radius 1 is 0.429 bits per heavy atom. The van der Waals surface area contributed by atoms with Crippen LogP contribution in [0.25, 0.3) is 88.4 Å². The maximum atomic E-state index is 14.3. The van der Waals surface area contributed by atoms with Gasteiger partial charge in [0.2, 0.25) is 0 Å². The molecule has 0 saturated heterocycles. The van der Waals surface area contributed by atoms with Crippen molar-refractivity contribution in [3.63, 3.8) is 0 Å². The molecule has 4 heterocycles. The fourth-order valence-corrected chi connectivity index (χ4v) is 9.61. The molecule has 0 amide bonds. The van der Waals surface area contributed by atoms with Crippen LogP contribution >= 0.6 is 0 Å². The summed E-state index contributed by atoms with van der Waals surface area (Å²) in [6.45, 7) is 0.00912. The Balaban J connectivity index is 1.18. The minimum atomic E-state index is -0.248. The number of rotatable bonds is 3. The molecule has 2 aliphatic rings. The predicted molar refractivity (Wildman–Crippen MR) is 232 cm³/mol. The molecule has 0 spiro atoms. The van der Waals surface area contributed by atoms with E-state index in [2.05, 4.69) is 130 Å². The number of halogens is 1. The van der Waals surface area contributed by atoms with E-state index in [0.717, 1.165) is 66.9 Å². The molecule has 8 aromatic carbocycles. The van der Waals surface area contributed by atoms with Gasteiger partial charge in [-0.2, -0.15) is 0 Å². The number of aromatic nitrogens is 2. The van der Waals surface area contributed by atoms with Gasteiger partial charge in [0.1, 0.15) is 5.82 Å². The van der Waals surface area contributed by atoms with Crippen molar-refractivity contribution in [3.8, 4) is 69.4 Å². The molecule has 0 atom stereocenters. The van der Waals surface area contributed by atoms with Gasteiger partial charge in [-0.15, -0.1) is 12.8 Å². The number of para-hydroxylation sites is 2. The molecule has 0 fully saturated rings. The summed E-state index contributed by atoms with van der Waals surface area (Å²) in [5.41, 5.74) is 19.2. The number of benzene rings is 8. The zero-order chi connectivity index (χ0) is 37.2. The lowest BCUT2D eigenvalue weighted by Gasteiger charge is -2.34. The second kappa shape index (κ2) is 11.2. The third-order valence-corrected chi connectivity index (χ3v) is 12.1. The van der Waals surface area contributed by atoms with E-state index in [9.17, 15) is 4.39 Å². The first-order valence-corrected chi connectivity index (χ1v) is 18.8. The van der Waals surface area contributed by atoms with Gasteiger partial charge in [-0.25, -0.2) is 4.39 Å². The topological polar surface area (TPSA) is 9.86 Å². The number of nitrogens with zero attached hydrogens (tertiary/aromatic N) is 2. The van der Waals surface area contributed by atoms with Crippen LogP contribution in [0.5, 0.6) is 0 Å². The lowest BCUT2D eigenvalue weighted by molar-refractivity contribution is 0.628. The van der Waals surface area contributed by atoms with Crippen LogP contribution in [0.3, 0.4) is 0 Å². The van der Waals surface area contributed by atoms with Crippen molar-refractivity contribution in [1.82, 2.24) is 9.13 Å². The van der Waals surface area contributed by atoms with Crippen LogP contribution in [0.4, 0.5) is 4.39 Å². The largest absolute Gasteiger partial charge is 0.310 e. The van der Waals surface area contributed by atoms with Crippen LogP contribution in [0.1, 0.15) is 11.1 Å². The van der Waals surface area contributed by atoms with Gasteiger partial charge in [0.25, 0.3) is 6.71 Å². The number of terminal acetylenes is 2. The van der Waals surface area contributed by atoms with E-state index in [1.165, 1.54) is 49.0 Å². The van der Waals surface area contributed by atoms with Gasteiger partial charge >= 0.3 is 0 Å². The van der Waals surface area contributed by atoms with E-state index in [1.54, 1.807) is 12.1 Å². The van der Waals surface area contributed by atoms with Gasteiger partial charge in [-0.3, -0.25) is 0 Å². The molecular formula is C52H28BFN2. The van der Waals surface area contributed by atoms with Crippen molar-refractivity contribution in [3.05, 3.63) is 175 Å². The van der Waals surface area contributed by atoms with Gasteiger partial charge in [0.15, 0.2) is 0 Å². The zero-order valence-electron chi connectivity index (χ0n) is 30.0. The second-order valence-electron chi connectivity index (χ2n) is 14.9. The highest BCUT2D eigenvalue weighted by Gasteiger charge is 2.41. The summed E-state index contributed by atoms with van der Waals surface area (Å²) in [7, 11) is 0. The second-order valence-corrected chi connectivity index (χ2v) is 14.9. The highest BCUT2D eigenvalue weighted by Crippen LogP contribution is 2.42. The Bertz CT molecular complexity index is 3220. The number of hydrogen-bond acceptors (Lipinski definition) is 0. The van der Waals surface area contributed by atoms with Crippen molar-refractivity contribution in [2.45, 2.75) is 0 Å². The maximum absolute atomic E-state index is 14.3. The maximum Gasteiger partial charge on any atom is 0.252 e. The Morgan fingerprint density at radius 3 is 1.32 bits per heavy atom. The summed E-state index contributed by atoms with van der Waals surface area (Å²) in [6, 6.07) is 55.1. The lowest BCUT2D eigenvalue weighted by atomic mass is 9.34. The van der Waals surface area contributed by atoms with E-state index in [4.69, 9.17) is 12.8 Å². The molecular weight excluding hydrogens is 682 g/mol. The summed E-state index contributed by atoms with van der Waals surface area (Å²) in [5, 5.41) is 4.84. The van der Waals surface area contributed by atoms with Gasteiger partial charge in [0, 0.05) is 55.1 Å². The first kappa shape index (κ1) is 30.9. The third kappa shape index (κ3) is 4.13. The van der Waals surface area contributed by atoms with Gasteiger partial charge in [-0.05, 0) is 123 Å². The molecule has 2 aliphatic heterocycles. The minimum Gasteiger partial charge on any atom is -0.310 e. The van der Waals surface area contributed by atoms with Crippen LogP contribution in [-0.4, -0.2) is 15.8 Å². The van der Waals surface area contributed by atoms with E-state index in [1.807, 2.05) is 36.4 Å². The van der Waals surface area contributed by atoms with E-state index >= 15 is 0 Å². The minimum absolute atomic E-state index is 0.00912. The van der Waals surface area contributed by atoms with Crippen LogP contribution in [0.15, 0.2) is 158 Å². The SMILES string of the molecule is C#Cc1ccc(-c2ccc3c(c2)c2cccc4c2n3-c2cc(-c3ccc(F)cc3)cc3c2B4c2cccc4c5cc(-c6ccc(C#C)cc6)ccc5n-3c24)cc1. The van der Waals surface area contributed by atoms with E-state index in [0.29, 0.717) is 0 Å². The Morgan fingerprint density at radius 2 is 0.857 bits per heavy atom. The molecule has 2 nitrogen and oxygen atoms in total. The van der Waals surface area contributed by atoms with Crippen LogP contribution < -0.4 is 16.4 Å². The average molecular weight is 711 g/mol. The van der Waals surface area contributed by atoms with Crippen molar-refractivity contribution in [2.75, 3.05) is 0 Å². The van der Waals surface area contributed by atoms with Crippen molar-refractivity contribution in [1.29, 1.82) is 0 Å². The standard InChI is InChI=1S/C52H28BFN2/c1-3-31-11-15-33(16-12-31)36-21-25-46-42(27-36)40-7-5-9-44-51(40)55(46)48-29-38(35-19-23-39(54)24-20-35)30-49-50(48)53(44)45-10-6-8-41-43-28-37(22-26-47(43)56(49)52(41)45)34-17-13-32(4-2)14-18-34/h1-2,5-30H. The van der Waals surface area contributed by atoms with Gasteiger partial charge < -0.3 is 9.13 Å². The molecule has 256 valence electrons. The predicted octanol–water partition coefficient (Wildman–Crippen LogP) is 10.1. The van der Waals surface area contributed by atoms with Crippen molar-refractivity contribution in [2.24, 2.45) is 0 Å². The van der Waals surface area contributed by atoms with Crippen LogP contribution in [0, 0.1) is 30.5 Å². The monoisotopic (exact) mass is 710 g/mol. The van der Waals surface area contributed by atoms with Crippen molar-refractivity contribution < 1.29 is 4.39 Å². The van der Waals surface area contributed by atoms with Crippen LogP contribution in [0.2, 0.25) is 0 Å². The van der Waals surface area contributed by atoms with Crippen molar-refractivity contribution >= 4 is 66.7 Å². The molecule has 0 unspecified atom stereocenters. The normalized spacial score (nSPS) is 12.3. The fraction of sp³-hybridized carbons (Fsp3) is 0. The fourth-order valence-electron chi connectivity index (χ4n) is 9.61. The summed E-state index contributed by atoms with van der Waals surface area (Å²) >= 11 is 0. The van der Waals surface area contributed by atoms with E-state index < -0.39 is 0 Å². The van der Waals surface area contributed by atoms with Gasteiger partial charge in [0.05, 0.1) is 11.0 Å². The molecule has 0 radical (unpaired) electrons. The van der Waals surface area contributed by atoms with E-state index in [-0.39, 0.29) is 12.5 Å². The number of hydrogen-bond donors (Lipinski definition) is 0. The lowest BCUT2D eigenvalue weighted by Crippen LogP contribution is -2.59. The summed E-state index contributed by atoms with van der Waals surface area (Å²) < 4.78 is 19.3. The summed E-state index contributed by atoms with van der Waals surface area (Å²) in [5.74, 6) is 5.22. The first-order valence-electron chi connectivity index (χ1n) is 18.8. The molecule has 0 N–H and O–H groups in total. The molecule has 2 aromatic heterocycles. The Labute approximate surface area is 323 Å². The molecule has 0 aliphatic carbocycles. The average Bonchev–Trinajstić information content (AvgIpc) is 3.77. The molecule has 12 rings (SSSR count). The molecule has 0 saturated carbocycles. The smallest absolute Gasteiger partial charge is 0.252 e. The summed E-state index contributed by atoms with van der Waals surface area (Å²) in [6.07, 6.45) is 11.4.